The molecule has 0 spiro atoms. The summed E-state index contributed by atoms with van der Waals surface area (Å²) in [5, 5.41) is 0.792. The molecule has 21 heavy (non-hydrogen) atoms. The Labute approximate surface area is 136 Å². The Bertz CT molecular complexity index is 377. The average molecular weight is 329 g/mol. The molecule has 0 saturated heterocycles. The van der Waals surface area contributed by atoms with Gasteiger partial charge in [0, 0.05) is 23.8 Å². The van der Waals surface area contributed by atoms with Crippen LogP contribution in [0.25, 0.3) is 0 Å². The molecule has 0 aliphatic rings. The van der Waals surface area contributed by atoms with Crippen LogP contribution in [-0.4, -0.2) is 22.5 Å². The molecule has 4 heteroatoms. The lowest BCUT2D eigenvalue weighted by Crippen LogP contribution is -2.32. The highest BCUT2D eigenvalue weighted by atomic mass is 35.5. The van der Waals surface area contributed by atoms with Gasteiger partial charge in [-0.15, -0.1) is 0 Å². The van der Waals surface area contributed by atoms with Crippen molar-refractivity contribution in [3.05, 3.63) is 34.9 Å². The second kappa shape index (κ2) is 11.2. The van der Waals surface area contributed by atoms with Crippen molar-refractivity contribution in [2.45, 2.75) is 58.4 Å². The molecule has 120 valence electrons. The summed E-state index contributed by atoms with van der Waals surface area (Å²) in [7, 11) is -1.72. The number of halogens is 1. The van der Waals surface area contributed by atoms with E-state index in [0.29, 0.717) is 5.54 Å². The van der Waals surface area contributed by atoms with Gasteiger partial charge in [0.15, 0.2) is 0 Å². The molecular formula is C17H29ClO2Si. The molecule has 2 nitrogen and oxygen atoms in total. The highest BCUT2D eigenvalue weighted by Gasteiger charge is 2.26. The average Bonchev–Trinajstić information content (AvgIpc) is 2.48. The first kappa shape index (κ1) is 18.7. The maximum atomic E-state index is 6.15. The zero-order valence-electron chi connectivity index (χ0n) is 13.6. The van der Waals surface area contributed by atoms with Crippen LogP contribution in [0.15, 0.2) is 24.3 Å². The van der Waals surface area contributed by atoms with Crippen molar-refractivity contribution in [1.82, 2.24) is 0 Å². The normalized spacial score (nSPS) is 12.8. The molecule has 1 unspecified atom stereocenters. The lowest BCUT2D eigenvalue weighted by molar-refractivity contribution is 0.183. The van der Waals surface area contributed by atoms with E-state index in [9.17, 15) is 0 Å². The quantitative estimate of drug-likeness (QED) is 0.409. The largest absolute Gasteiger partial charge is 0.396 e. The van der Waals surface area contributed by atoms with Gasteiger partial charge in [-0.2, -0.15) is 0 Å². The van der Waals surface area contributed by atoms with E-state index in [1.165, 1.54) is 5.56 Å². The van der Waals surface area contributed by atoms with Gasteiger partial charge in [-0.25, -0.2) is 0 Å². The minimum Gasteiger partial charge on any atom is -0.396 e. The smallest absolute Gasteiger partial charge is 0.329 e. The Morgan fingerprint density at radius 2 is 1.67 bits per heavy atom. The second-order valence-corrected chi connectivity index (χ2v) is 8.03. The molecule has 0 bridgehead atoms. The van der Waals surface area contributed by atoms with Crippen LogP contribution in [0.5, 0.6) is 0 Å². The highest BCUT2D eigenvalue weighted by Crippen LogP contribution is 2.26. The lowest BCUT2D eigenvalue weighted by Gasteiger charge is -2.25. The van der Waals surface area contributed by atoms with Crippen molar-refractivity contribution in [2.24, 2.45) is 0 Å². The van der Waals surface area contributed by atoms with Crippen molar-refractivity contribution in [3.63, 3.8) is 0 Å². The SMILES string of the molecule is CCCCO[SiH](OCCCC)C(CC)c1cccc(Cl)c1. The van der Waals surface area contributed by atoms with E-state index >= 15 is 0 Å². The van der Waals surface area contributed by atoms with Crippen LogP contribution in [-0.2, 0) is 8.85 Å². The van der Waals surface area contributed by atoms with Gasteiger partial charge in [0.1, 0.15) is 0 Å². The summed E-state index contributed by atoms with van der Waals surface area (Å²) in [4.78, 5) is 0. The number of benzene rings is 1. The monoisotopic (exact) mass is 328 g/mol. The van der Waals surface area contributed by atoms with Crippen LogP contribution < -0.4 is 0 Å². The Morgan fingerprint density at radius 3 is 2.14 bits per heavy atom. The fourth-order valence-corrected chi connectivity index (χ4v) is 4.75. The Kier molecular flexibility index (Phi) is 10.0. The predicted octanol–water partition coefficient (Wildman–Crippen LogP) is 5.23. The number of hydrogen-bond donors (Lipinski definition) is 0. The van der Waals surface area contributed by atoms with Crippen molar-refractivity contribution < 1.29 is 8.85 Å². The molecule has 0 amide bonds. The Balaban J connectivity index is 2.75. The third-order valence-electron chi connectivity index (χ3n) is 3.61. The molecular weight excluding hydrogens is 300 g/mol. The molecule has 1 aromatic rings. The summed E-state index contributed by atoms with van der Waals surface area (Å²) in [5.74, 6) is 0. The summed E-state index contributed by atoms with van der Waals surface area (Å²) in [6.07, 6.45) is 5.56. The predicted molar refractivity (Wildman–Crippen MR) is 93.4 cm³/mol. The minimum atomic E-state index is -1.72. The van der Waals surface area contributed by atoms with Crippen LogP contribution in [0.4, 0.5) is 0 Å². The molecule has 1 atom stereocenters. The molecule has 0 aliphatic carbocycles. The van der Waals surface area contributed by atoms with E-state index in [4.69, 9.17) is 20.5 Å². The van der Waals surface area contributed by atoms with E-state index in [1.807, 2.05) is 12.1 Å². The van der Waals surface area contributed by atoms with Crippen LogP contribution in [0, 0.1) is 0 Å². The molecule has 1 aromatic carbocycles. The van der Waals surface area contributed by atoms with E-state index in [0.717, 1.165) is 50.3 Å². The first-order valence-corrected chi connectivity index (χ1v) is 10.2. The van der Waals surface area contributed by atoms with Crippen molar-refractivity contribution in [1.29, 1.82) is 0 Å². The molecule has 0 aliphatic heterocycles. The van der Waals surface area contributed by atoms with Gasteiger partial charge in [0.05, 0.1) is 0 Å². The summed E-state index contributed by atoms with van der Waals surface area (Å²) in [5.41, 5.74) is 1.63. The van der Waals surface area contributed by atoms with Crippen molar-refractivity contribution in [3.8, 4) is 0 Å². The Hall–Kier alpha value is -0.353. The first-order valence-electron chi connectivity index (χ1n) is 8.21. The van der Waals surface area contributed by atoms with Gasteiger partial charge in [-0.1, -0.05) is 57.3 Å². The molecule has 0 aromatic heterocycles. The van der Waals surface area contributed by atoms with E-state index in [1.54, 1.807) is 0 Å². The summed E-state index contributed by atoms with van der Waals surface area (Å²) < 4.78 is 12.3. The highest BCUT2D eigenvalue weighted by molar-refractivity contribution is 6.46. The van der Waals surface area contributed by atoms with Gasteiger partial charge in [-0.05, 0) is 37.0 Å². The zero-order valence-corrected chi connectivity index (χ0v) is 15.5. The molecule has 0 N–H and O–H groups in total. The standard InChI is InChI=1S/C17H29ClO2Si/c1-4-7-12-19-21(20-13-8-5-2)17(6-3)15-10-9-11-16(18)14-15/h9-11,14,17,21H,4-8,12-13H2,1-3H3. The Morgan fingerprint density at radius 1 is 1.05 bits per heavy atom. The van der Waals surface area contributed by atoms with E-state index < -0.39 is 9.28 Å². The number of rotatable bonds is 11. The van der Waals surface area contributed by atoms with Crippen LogP contribution in [0.1, 0.15) is 64.0 Å². The maximum absolute atomic E-state index is 6.15. The van der Waals surface area contributed by atoms with Gasteiger partial charge in [0.2, 0.25) is 0 Å². The summed E-state index contributed by atoms with van der Waals surface area (Å²) in [6, 6.07) is 8.14. The first-order chi connectivity index (χ1) is 10.2. The summed E-state index contributed by atoms with van der Waals surface area (Å²) >= 11 is 6.14. The van der Waals surface area contributed by atoms with Gasteiger partial charge in [0.25, 0.3) is 0 Å². The third kappa shape index (κ3) is 6.96. The van der Waals surface area contributed by atoms with Gasteiger partial charge < -0.3 is 8.85 Å². The van der Waals surface area contributed by atoms with Crippen LogP contribution >= 0.6 is 11.6 Å². The molecule has 0 fully saturated rings. The van der Waals surface area contributed by atoms with Crippen molar-refractivity contribution in [2.75, 3.05) is 13.2 Å². The number of unbranched alkanes of at least 4 members (excludes halogenated alkanes) is 2. The fraction of sp³-hybridized carbons (Fsp3) is 0.647. The third-order valence-corrected chi connectivity index (χ3v) is 6.48. The van der Waals surface area contributed by atoms with Gasteiger partial charge >= 0.3 is 9.28 Å². The summed E-state index contributed by atoms with van der Waals surface area (Å²) in [6.45, 7) is 8.21. The van der Waals surface area contributed by atoms with Crippen LogP contribution in [0.3, 0.4) is 0 Å². The van der Waals surface area contributed by atoms with Crippen LogP contribution in [0.2, 0.25) is 5.02 Å². The second-order valence-electron chi connectivity index (χ2n) is 5.39. The molecule has 0 saturated carbocycles. The minimum absolute atomic E-state index is 0.373. The fourth-order valence-electron chi connectivity index (χ4n) is 2.29. The lowest BCUT2D eigenvalue weighted by atomic mass is 10.1. The topological polar surface area (TPSA) is 18.5 Å². The van der Waals surface area contributed by atoms with E-state index in [-0.39, 0.29) is 0 Å². The maximum Gasteiger partial charge on any atom is 0.329 e. The van der Waals surface area contributed by atoms with Gasteiger partial charge in [-0.3, -0.25) is 0 Å². The van der Waals surface area contributed by atoms with Crippen molar-refractivity contribution >= 4 is 20.9 Å². The molecule has 0 heterocycles. The molecule has 1 rings (SSSR count). The molecule has 0 radical (unpaired) electrons. The van der Waals surface area contributed by atoms with E-state index in [2.05, 4.69) is 32.9 Å². The zero-order chi connectivity index (χ0) is 15.5. The number of hydrogen-bond acceptors (Lipinski definition) is 2.